The summed E-state index contributed by atoms with van der Waals surface area (Å²) in [5.74, 6) is 0. The summed E-state index contributed by atoms with van der Waals surface area (Å²) in [4.78, 5) is 17.3. The van der Waals surface area contributed by atoms with Crippen molar-refractivity contribution >= 4 is 7.60 Å². The van der Waals surface area contributed by atoms with Crippen molar-refractivity contribution in [2.24, 2.45) is 0 Å². The summed E-state index contributed by atoms with van der Waals surface area (Å²) in [7, 11) is -3.74. The molecule has 3 nitrogen and oxygen atoms in total. The van der Waals surface area contributed by atoms with E-state index in [4.69, 9.17) is 9.79 Å². The largest absolute Gasteiger partial charge is 0.325 e. The lowest BCUT2D eigenvalue weighted by molar-refractivity contribution is 0.370. The fourth-order valence-corrected chi connectivity index (χ4v) is 2.19. The van der Waals surface area contributed by atoms with E-state index in [2.05, 4.69) is 13.3 Å². The quantitative estimate of drug-likeness (QED) is 0.450. The molecule has 0 rings (SSSR count). The maximum absolute atomic E-state index is 10.5. The van der Waals surface area contributed by atoms with Crippen LogP contribution in [-0.2, 0) is 4.57 Å². The van der Waals surface area contributed by atoms with Gasteiger partial charge in [0.25, 0.3) is 0 Å². The second-order valence-electron chi connectivity index (χ2n) is 4.06. The van der Waals surface area contributed by atoms with Gasteiger partial charge in [-0.1, -0.05) is 51.9 Å². The molecular formula is C11H24O3P. The van der Waals surface area contributed by atoms with Crippen LogP contribution in [0.4, 0.5) is 0 Å². The Hall–Kier alpha value is 0.150. The zero-order valence-electron chi connectivity index (χ0n) is 9.69. The molecule has 0 aliphatic carbocycles. The molecule has 1 radical (unpaired) electrons. The Morgan fingerprint density at radius 2 is 1.40 bits per heavy atom. The van der Waals surface area contributed by atoms with E-state index in [0.29, 0.717) is 6.42 Å². The van der Waals surface area contributed by atoms with E-state index >= 15 is 0 Å². The second kappa shape index (κ2) is 9.38. The molecule has 0 unspecified atom stereocenters. The van der Waals surface area contributed by atoms with Crippen LogP contribution in [-0.4, -0.2) is 15.9 Å². The number of hydrogen-bond donors (Lipinski definition) is 2. The molecule has 0 bridgehead atoms. The van der Waals surface area contributed by atoms with Gasteiger partial charge in [-0.3, -0.25) is 4.57 Å². The van der Waals surface area contributed by atoms with Gasteiger partial charge < -0.3 is 9.79 Å². The molecular weight excluding hydrogens is 211 g/mol. The van der Waals surface area contributed by atoms with Crippen LogP contribution in [0.3, 0.4) is 0 Å². The first-order valence-electron chi connectivity index (χ1n) is 5.88. The standard InChI is InChI=1S/C11H24O3P/c1-2-3-4-5-6-7-8-9-10-11-15(12,13)14/h2H,3-11H2,1H3,(H2,12,13,14). The van der Waals surface area contributed by atoms with Crippen LogP contribution in [0, 0.1) is 6.42 Å². The van der Waals surface area contributed by atoms with Crippen molar-refractivity contribution in [3.05, 3.63) is 6.42 Å². The van der Waals surface area contributed by atoms with Gasteiger partial charge in [0.15, 0.2) is 0 Å². The highest BCUT2D eigenvalue weighted by atomic mass is 31.2. The van der Waals surface area contributed by atoms with E-state index in [0.717, 1.165) is 12.8 Å². The molecule has 0 aliphatic rings. The Labute approximate surface area is 93.4 Å². The Bertz CT molecular complexity index is 177. The molecule has 4 heteroatoms. The van der Waals surface area contributed by atoms with Crippen LogP contribution in [0.2, 0.25) is 0 Å². The summed E-state index contributed by atoms with van der Waals surface area (Å²) in [6, 6.07) is 0. The highest BCUT2D eigenvalue weighted by Crippen LogP contribution is 2.35. The predicted molar refractivity (Wildman–Crippen MR) is 63.8 cm³/mol. The third kappa shape index (κ3) is 14.2. The van der Waals surface area contributed by atoms with E-state index in [-0.39, 0.29) is 6.16 Å². The molecule has 0 amide bonds. The van der Waals surface area contributed by atoms with Crippen molar-refractivity contribution < 1.29 is 14.4 Å². The molecule has 0 saturated heterocycles. The van der Waals surface area contributed by atoms with Crippen LogP contribution in [0.25, 0.3) is 0 Å². The number of hydrogen-bond acceptors (Lipinski definition) is 1. The fourth-order valence-electron chi connectivity index (χ4n) is 1.55. The van der Waals surface area contributed by atoms with Crippen molar-refractivity contribution in [3.63, 3.8) is 0 Å². The Balaban J connectivity index is 3.02. The van der Waals surface area contributed by atoms with Gasteiger partial charge in [-0.05, 0) is 12.8 Å². The predicted octanol–water partition coefficient (Wildman–Crippen LogP) is 3.51. The van der Waals surface area contributed by atoms with Gasteiger partial charge in [-0.25, -0.2) is 0 Å². The van der Waals surface area contributed by atoms with Crippen LogP contribution < -0.4 is 0 Å². The topological polar surface area (TPSA) is 57.5 Å². The third-order valence-corrected chi connectivity index (χ3v) is 3.34. The van der Waals surface area contributed by atoms with Crippen LogP contribution in [0.1, 0.15) is 58.3 Å². The summed E-state index contributed by atoms with van der Waals surface area (Å²) >= 11 is 0. The van der Waals surface area contributed by atoms with Gasteiger partial charge in [0.2, 0.25) is 0 Å². The van der Waals surface area contributed by atoms with Crippen molar-refractivity contribution in [2.45, 2.75) is 58.3 Å². The Morgan fingerprint density at radius 1 is 0.933 bits per heavy atom. The second-order valence-corrected chi connectivity index (χ2v) is 5.84. The molecule has 0 saturated carbocycles. The SMILES string of the molecule is C[CH]CCCCCCCCCP(=O)(O)O. The zero-order valence-corrected chi connectivity index (χ0v) is 10.6. The summed E-state index contributed by atoms with van der Waals surface area (Å²) < 4.78 is 10.5. The molecule has 15 heavy (non-hydrogen) atoms. The van der Waals surface area contributed by atoms with E-state index in [1.807, 2.05) is 0 Å². The van der Waals surface area contributed by atoms with Crippen LogP contribution in [0.15, 0.2) is 0 Å². The Morgan fingerprint density at radius 3 is 1.87 bits per heavy atom. The molecule has 0 heterocycles. The molecule has 0 aromatic heterocycles. The monoisotopic (exact) mass is 235 g/mol. The molecule has 0 fully saturated rings. The van der Waals surface area contributed by atoms with Gasteiger partial charge in [0, 0.05) is 6.16 Å². The van der Waals surface area contributed by atoms with Crippen LogP contribution in [0.5, 0.6) is 0 Å². The third-order valence-electron chi connectivity index (χ3n) is 2.44. The lowest BCUT2D eigenvalue weighted by Gasteiger charge is -2.03. The van der Waals surface area contributed by atoms with Gasteiger partial charge >= 0.3 is 7.60 Å². The van der Waals surface area contributed by atoms with E-state index in [1.54, 1.807) is 0 Å². The molecule has 0 spiro atoms. The van der Waals surface area contributed by atoms with Crippen molar-refractivity contribution in [1.29, 1.82) is 0 Å². The normalized spacial score (nSPS) is 11.9. The van der Waals surface area contributed by atoms with E-state index in [9.17, 15) is 4.57 Å². The molecule has 0 atom stereocenters. The zero-order chi connectivity index (χ0) is 11.6. The van der Waals surface area contributed by atoms with Gasteiger partial charge in [0.05, 0.1) is 0 Å². The smallest absolute Gasteiger partial charge is 0.324 e. The summed E-state index contributed by atoms with van der Waals surface area (Å²) in [6.07, 6.45) is 11.2. The summed E-state index contributed by atoms with van der Waals surface area (Å²) in [5, 5.41) is 0. The number of rotatable bonds is 10. The molecule has 91 valence electrons. The molecule has 2 N–H and O–H groups in total. The highest BCUT2D eigenvalue weighted by molar-refractivity contribution is 7.51. The number of unbranched alkanes of at least 4 members (excludes halogenated alkanes) is 8. The van der Waals surface area contributed by atoms with Crippen molar-refractivity contribution in [1.82, 2.24) is 0 Å². The lowest BCUT2D eigenvalue weighted by atomic mass is 10.1. The van der Waals surface area contributed by atoms with Gasteiger partial charge in [-0.15, -0.1) is 0 Å². The lowest BCUT2D eigenvalue weighted by Crippen LogP contribution is -1.88. The van der Waals surface area contributed by atoms with Gasteiger partial charge in [0.1, 0.15) is 0 Å². The highest BCUT2D eigenvalue weighted by Gasteiger charge is 2.10. The van der Waals surface area contributed by atoms with Crippen molar-refractivity contribution in [3.8, 4) is 0 Å². The minimum Gasteiger partial charge on any atom is -0.324 e. The average molecular weight is 235 g/mol. The first-order chi connectivity index (χ1) is 7.06. The molecule has 0 aliphatic heterocycles. The van der Waals surface area contributed by atoms with Crippen molar-refractivity contribution in [2.75, 3.05) is 6.16 Å². The van der Waals surface area contributed by atoms with E-state index < -0.39 is 7.60 Å². The summed E-state index contributed by atoms with van der Waals surface area (Å²) in [5.41, 5.74) is 0. The average Bonchev–Trinajstić information content (AvgIpc) is 2.14. The maximum Gasteiger partial charge on any atom is 0.325 e. The first kappa shape index (κ1) is 15.2. The minimum atomic E-state index is -3.74. The minimum absolute atomic E-state index is 0.0534. The van der Waals surface area contributed by atoms with Gasteiger partial charge in [-0.2, -0.15) is 0 Å². The fraction of sp³-hybridized carbons (Fsp3) is 0.909. The van der Waals surface area contributed by atoms with E-state index in [1.165, 1.54) is 32.1 Å². The molecule has 0 aromatic rings. The molecule has 0 aromatic carbocycles. The van der Waals surface area contributed by atoms with Crippen LogP contribution >= 0.6 is 7.60 Å². The maximum atomic E-state index is 10.5. The summed E-state index contributed by atoms with van der Waals surface area (Å²) in [6.45, 7) is 2.09. The Kier molecular flexibility index (Phi) is 9.48. The first-order valence-corrected chi connectivity index (χ1v) is 7.68.